The van der Waals surface area contributed by atoms with Crippen LogP contribution in [0.1, 0.15) is 10.4 Å². The zero-order valence-electron chi connectivity index (χ0n) is 9.14. The SMILES string of the molecule is C=CCNCC(=O)Nc1cncc(C(=O)O)c1. The first kappa shape index (κ1) is 12.9. The topological polar surface area (TPSA) is 91.3 Å². The van der Waals surface area contributed by atoms with Gasteiger partial charge in [-0.3, -0.25) is 9.78 Å². The summed E-state index contributed by atoms with van der Waals surface area (Å²) >= 11 is 0. The number of hydrogen-bond acceptors (Lipinski definition) is 4. The highest BCUT2D eigenvalue weighted by Gasteiger charge is 2.06. The third-order valence-electron chi connectivity index (χ3n) is 1.84. The van der Waals surface area contributed by atoms with Crippen LogP contribution >= 0.6 is 0 Å². The fourth-order valence-corrected chi connectivity index (χ4v) is 1.12. The number of aromatic carboxylic acids is 1. The molecule has 6 heteroatoms. The first-order chi connectivity index (χ1) is 8.13. The molecule has 6 nitrogen and oxygen atoms in total. The Hall–Kier alpha value is -2.21. The average Bonchev–Trinajstić information content (AvgIpc) is 2.29. The number of pyridine rings is 1. The van der Waals surface area contributed by atoms with Crippen LogP contribution < -0.4 is 10.6 Å². The van der Waals surface area contributed by atoms with Crippen LogP contribution in [0.15, 0.2) is 31.1 Å². The molecule has 1 aromatic rings. The lowest BCUT2D eigenvalue weighted by Gasteiger charge is -2.05. The van der Waals surface area contributed by atoms with Gasteiger partial charge in [0, 0.05) is 12.7 Å². The summed E-state index contributed by atoms with van der Waals surface area (Å²) in [4.78, 5) is 25.8. The zero-order chi connectivity index (χ0) is 12.7. The van der Waals surface area contributed by atoms with Crippen molar-refractivity contribution in [2.45, 2.75) is 0 Å². The van der Waals surface area contributed by atoms with Crippen LogP contribution in [-0.4, -0.2) is 35.1 Å². The number of aromatic nitrogens is 1. The van der Waals surface area contributed by atoms with Gasteiger partial charge >= 0.3 is 5.97 Å². The van der Waals surface area contributed by atoms with E-state index >= 15 is 0 Å². The number of carboxylic acids is 1. The Morgan fingerprint density at radius 3 is 2.88 bits per heavy atom. The number of anilines is 1. The molecule has 0 spiro atoms. The molecule has 0 aromatic carbocycles. The number of nitrogens with zero attached hydrogens (tertiary/aromatic N) is 1. The quantitative estimate of drug-likeness (QED) is 0.493. The normalized spacial score (nSPS) is 9.65. The van der Waals surface area contributed by atoms with Gasteiger partial charge < -0.3 is 15.7 Å². The molecular weight excluding hydrogens is 222 g/mol. The molecule has 0 saturated heterocycles. The standard InChI is InChI=1S/C11H13N3O3/c1-2-3-12-7-10(15)14-9-4-8(11(16)17)5-13-6-9/h2,4-6,12H,1,3,7H2,(H,14,15)(H,16,17). The van der Waals surface area contributed by atoms with Gasteiger partial charge in [0.05, 0.1) is 24.0 Å². The van der Waals surface area contributed by atoms with Gasteiger partial charge in [0.1, 0.15) is 0 Å². The molecule has 17 heavy (non-hydrogen) atoms. The van der Waals surface area contributed by atoms with Crippen LogP contribution in [0.3, 0.4) is 0 Å². The Morgan fingerprint density at radius 2 is 2.24 bits per heavy atom. The van der Waals surface area contributed by atoms with Gasteiger partial charge in [-0.25, -0.2) is 4.79 Å². The summed E-state index contributed by atoms with van der Waals surface area (Å²) in [6, 6.07) is 1.35. The maximum atomic E-state index is 11.4. The molecule has 0 aliphatic heterocycles. The number of carbonyl (C=O) groups excluding carboxylic acids is 1. The number of carbonyl (C=O) groups is 2. The summed E-state index contributed by atoms with van der Waals surface area (Å²) < 4.78 is 0. The molecule has 0 bridgehead atoms. The van der Waals surface area contributed by atoms with E-state index in [1.807, 2.05) is 0 Å². The van der Waals surface area contributed by atoms with Crippen LogP contribution in [0.5, 0.6) is 0 Å². The summed E-state index contributed by atoms with van der Waals surface area (Å²) in [6.45, 7) is 4.16. The van der Waals surface area contributed by atoms with Crippen molar-refractivity contribution in [3.63, 3.8) is 0 Å². The van der Waals surface area contributed by atoms with E-state index in [2.05, 4.69) is 22.2 Å². The van der Waals surface area contributed by atoms with E-state index in [1.54, 1.807) is 6.08 Å². The van der Waals surface area contributed by atoms with Crippen molar-refractivity contribution in [3.8, 4) is 0 Å². The average molecular weight is 235 g/mol. The second-order valence-electron chi connectivity index (χ2n) is 3.24. The fourth-order valence-electron chi connectivity index (χ4n) is 1.12. The Morgan fingerprint density at radius 1 is 1.47 bits per heavy atom. The van der Waals surface area contributed by atoms with Crippen LogP contribution in [0, 0.1) is 0 Å². The van der Waals surface area contributed by atoms with Crippen LogP contribution in [0.2, 0.25) is 0 Å². The Kier molecular flexibility index (Phi) is 4.83. The number of carboxylic acid groups (broad SMARTS) is 1. The minimum absolute atomic E-state index is 0.0295. The van der Waals surface area contributed by atoms with E-state index in [0.29, 0.717) is 12.2 Å². The molecule has 1 amide bonds. The lowest BCUT2D eigenvalue weighted by atomic mass is 10.2. The third kappa shape index (κ3) is 4.43. The van der Waals surface area contributed by atoms with Gasteiger partial charge in [0.15, 0.2) is 0 Å². The maximum absolute atomic E-state index is 11.4. The van der Waals surface area contributed by atoms with Crippen molar-refractivity contribution in [2.24, 2.45) is 0 Å². The summed E-state index contributed by atoms with van der Waals surface area (Å²) in [5.74, 6) is -1.35. The number of rotatable bonds is 6. The summed E-state index contributed by atoms with van der Waals surface area (Å²) in [6.07, 6.45) is 4.24. The highest BCUT2D eigenvalue weighted by atomic mass is 16.4. The van der Waals surface area contributed by atoms with Crippen molar-refractivity contribution in [1.29, 1.82) is 0 Å². The maximum Gasteiger partial charge on any atom is 0.337 e. The number of nitrogens with one attached hydrogen (secondary N) is 2. The van der Waals surface area contributed by atoms with Crippen LogP contribution in [0.4, 0.5) is 5.69 Å². The largest absolute Gasteiger partial charge is 0.478 e. The third-order valence-corrected chi connectivity index (χ3v) is 1.84. The predicted octanol–water partition coefficient (Wildman–Crippen LogP) is 0.494. The van der Waals surface area contributed by atoms with Crippen LogP contribution in [0.25, 0.3) is 0 Å². The van der Waals surface area contributed by atoms with Crippen molar-refractivity contribution in [2.75, 3.05) is 18.4 Å². The summed E-state index contributed by atoms with van der Waals surface area (Å²) in [7, 11) is 0. The van der Waals surface area contributed by atoms with Crippen molar-refractivity contribution in [3.05, 3.63) is 36.7 Å². The molecule has 0 saturated carbocycles. The molecule has 1 heterocycles. The van der Waals surface area contributed by atoms with Crippen molar-refractivity contribution >= 4 is 17.6 Å². The van der Waals surface area contributed by atoms with E-state index in [9.17, 15) is 9.59 Å². The van der Waals surface area contributed by atoms with Gasteiger partial charge in [-0.05, 0) is 6.07 Å². The van der Waals surface area contributed by atoms with E-state index in [1.165, 1.54) is 18.5 Å². The second kappa shape index (κ2) is 6.39. The molecule has 0 unspecified atom stereocenters. The van der Waals surface area contributed by atoms with Crippen molar-refractivity contribution in [1.82, 2.24) is 10.3 Å². The highest BCUT2D eigenvalue weighted by molar-refractivity contribution is 5.94. The molecular formula is C11H13N3O3. The highest BCUT2D eigenvalue weighted by Crippen LogP contribution is 2.07. The van der Waals surface area contributed by atoms with E-state index in [-0.39, 0.29) is 18.0 Å². The minimum Gasteiger partial charge on any atom is -0.478 e. The molecule has 0 aliphatic carbocycles. The molecule has 90 valence electrons. The van der Waals surface area contributed by atoms with Gasteiger partial charge in [-0.15, -0.1) is 6.58 Å². The lowest BCUT2D eigenvalue weighted by molar-refractivity contribution is -0.115. The molecule has 3 N–H and O–H groups in total. The molecule has 1 aromatic heterocycles. The van der Waals surface area contributed by atoms with Gasteiger partial charge in [-0.2, -0.15) is 0 Å². The molecule has 0 radical (unpaired) electrons. The number of amides is 1. The van der Waals surface area contributed by atoms with Gasteiger partial charge in [-0.1, -0.05) is 6.08 Å². The number of hydrogen-bond donors (Lipinski definition) is 3. The Balaban J connectivity index is 2.56. The van der Waals surface area contributed by atoms with E-state index < -0.39 is 5.97 Å². The first-order valence-electron chi connectivity index (χ1n) is 4.93. The monoisotopic (exact) mass is 235 g/mol. The first-order valence-corrected chi connectivity index (χ1v) is 4.93. The van der Waals surface area contributed by atoms with Gasteiger partial charge in [0.2, 0.25) is 5.91 Å². The second-order valence-corrected chi connectivity index (χ2v) is 3.24. The lowest BCUT2D eigenvalue weighted by Crippen LogP contribution is -2.28. The molecule has 0 fully saturated rings. The zero-order valence-corrected chi connectivity index (χ0v) is 9.14. The van der Waals surface area contributed by atoms with E-state index in [4.69, 9.17) is 5.11 Å². The molecule has 0 aliphatic rings. The molecule has 0 atom stereocenters. The smallest absolute Gasteiger partial charge is 0.337 e. The van der Waals surface area contributed by atoms with E-state index in [0.717, 1.165) is 0 Å². The summed E-state index contributed by atoms with van der Waals surface area (Å²) in [5.41, 5.74) is 0.386. The predicted molar refractivity (Wildman–Crippen MR) is 62.9 cm³/mol. The minimum atomic E-state index is -1.08. The van der Waals surface area contributed by atoms with Crippen LogP contribution in [-0.2, 0) is 4.79 Å². The van der Waals surface area contributed by atoms with Gasteiger partial charge in [0.25, 0.3) is 0 Å². The Labute approximate surface area is 98.4 Å². The van der Waals surface area contributed by atoms with Crippen molar-refractivity contribution < 1.29 is 14.7 Å². The fraction of sp³-hybridized carbons (Fsp3) is 0.182. The summed E-state index contributed by atoms with van der Waals surface area (Å²) in [5, 5.41) is 14.1. The Bertz CT molecular complexity index is 432. The molecule has 1 rings (SSSR count).